The van der Waals surface area contributed by atoms with E-state index in [1.54, 1.807) is 18.4 Å². The molecule has 0 saturated carbocycles. The predicted octanol–water partition coefficient (Wildman–Crippen LogP) is 3.26. The molecule has 0 aliphatic rings. The minimum absolute atomic E-state index is 0.116. The largest absolute Gasteiger partial charge is 0.508 e. The lowest BCUT2D eigenvalue weighted by atomic mass is 9.91. The van der Waals surface area contributed by atoms with Gasteiger partial charge in [0.1, 0.15) is 11.5 Å². The van der Waals surface area contributed by atoms with Crippen molar-refractivity contribution in [3.8, 4) is 5.75 Å². The number of aliphatic hydroxyl groups excluding tert-OH is 1. The van der Waals surface area contributed by atoms with Crippen molar-refractivity contribution in [1.29, 1.82) is 0 Å². The van der Waals surface area contributed by atoms with Gasteiger partial charge in [0.15, 0.2) is 0 Å². The third-order valence-corrected chi connectivity index (χ3v) is 3.37. The van der Waals surface area contributed by atoms with Gasteiger partial charge in [-0.3, -0.25) is 0 Å². The molecule has 3 nitrogen and oxygen atoms in total. The lowest BCUT2D eigenvalue weighted by molar-refractivity contribution is 0.264. The maximum absolute atomic E-state index is 10.2. The zero-order chi connectivity index (χ0) is 13.2. The molecule has 96 valence electrons. The second-order valence-corrected chi connectivity index (χ2v) is 4.47. The van der Waals surface area contributed by atoms with E-state index in [2.05, 4.69) is 0 Å². The molecular weight excluding hydrogens is 240 g/mol. The fourth-order valence-corrected chi connectivity index (χ4v) is 2.46. The number of phenols is 1. The first kappa shape index (κ1) is 11.8. The van der Waals surface area contributed by atoms with E-state index in [-0.39, 0.29) is 18.3 Å². The summed E-state index contributed by atoms with van der Waals surface area (Å²) in [7, 11) is 0. The van der Waals surface area contributed by atoms with Crippen LogP contribution in [0.5, 0.6) is 5.75 Å². The standard InChI is InChI=1S/C16H14O3/c17-10-13(15-6-3-9-19-15)16-12-5-2-1-4-11(12)7-8-14(16)18/h1-9,13,17-18H,10H2. The summed E-state index contributed by atoms with van der Waals surface area (Å²) in [5, 5.41) is 21.8. The molecule has 1 heterocycles. The van der Waals surface area contributed by atoms with Crippen molar-refractivity contribution in [3.63, 3.8) is 0 Å². The Kier molecular flexibility index (Phi) is 2.97. The Hall–Kier alpha value is -2.26. The molecule has 0 aliphatic carbocycles. The maximum atomic E-state index is 10.2. The highest BCUT2D eigenvalue weighted by Crippen LogP contribution is 2.36. The van der Waals surface area contributed by atoms with E-state index in [0.717, 1.165) is 10.8 Å². The number of rotatable bonds is 3. The second-order valence-electron chi connectivity index (χ2n) is 4.47. The van der Waals surface area contributed by atoms with Gasteiger partial charge in [-0.05, 0) is 29.0 Å². The third kappa shape index (κ3) is 1.98. The number of furan rings is 1. The molecule has 2 N–H and O–H groups in total. The minimum Gasteiger partial charge on any atom is -0.508 e. The number of phenolic OH excluding ortho intramolecular Hbond substituents is 1. The summed E-state index contributed by atoms with van der Waals surface area (Å²) in [6.07, 6.45) is 1.57. The molecule has 2 aromatic carbocycles. The summed E-state index contributed by atoms with van der Waals surface area (Å²) in [4.78, 5) is 0. The normalized spacial score (nSPS) is 12.7. The number of benzene rings is 2. The molecule has 0 radical (unpaired) electrons. The first-order valence-corrected chi connectivity index (χ1v) is 6.16. The molecule has 0 fully saturated rings. The Bertz CT molecular complexity index is 686. The van der Waals surface area contributed by atoms with Crippen LogP contribution in [-0.4, -0.2) is 16.8 Å². The van der Waals surface area contributed by atoms with Gasteiger partial charge in [0.2, 0.25) is 0 Å². The monoisotopic (exact) mass is 254 g/mol. The minimum atomic E-state index is -0.360. The molecule has 0 spiro atoms. The van der Waals surface area contributed by atoms with Gasteiger partial charge < -0.3 is 14.6 Å². The number of fused-ring (bicyclic) bond motifs is 1. The summed E-state index contributed by atoms with van der Waals surface area (Å²) in [5.74, 6) is 0.462. The summed E-state index contributed by atoms with van der Waals surface area (Å²) in [6, 6.07) is 14.9. The highest BCUT2D eigenvalue weighted by molar-refractivity contribution is 5.88. The number of hydrogen-bond donors (Lipinski definition) is 2. The van der Waals surface area contributed by atoms with Gasteiger partial charge >= 0.3 is 0 Å². The van der Waals surface area contributed by atoms with Crippen LogP contribution < -0.4 is 0 Å². The molecule has 0 saturated heterocycles. The molecule has 1 aromatic heterocycles. The van der Waals surface area contributed by atoms with Crippen molar-refractivity contribution in [2.24, 2.45) is 0 Å². The molecule has 19 heavy (non-hydrogen) atoms. The van der Waals surface area contributed by atoms with Crippen LogP contribution in [0.3, 0.4) is 0 Å². The predicted molar refractivity (Wildman–Crippen MR) is 73.2 cm³/mol. The highest BCUT2D eigenvalue weighted by Gasteiger charge is 2.21. The van der Waals surface area contributed by atoms with Crippen LogP contribution in [0.2, 0.25) is 0 Å². The average molecular weight is 254 g/mol. The van der Waals surface area contributed by atoms with E-state index in [9.17, 15) is 10.2 Å². The van der Waals surface area contributed by atoms with Gasteiger partial charge in [-0.25, -0.2) is 0 Å². The highest BCUT2D eigenvalue weighted by atomic mass is 16.3. The van der Waals surface area contributed by atoms with Crippen LogP contribution in [0, 0.1) is 0 Å². The molecule has 3 aromatic rings. The van der Waals surface area contributed by atoms with Crippen molar-refractivity contribution in [1.82, 2.24) is 0 Å². The molecule has 0 aliphatic heterocycles. The molecule has 3 rings (SSSR count). The van der Waals surface area contributed by atoms with Crippen molar-refractivity contribution in [2.45, 2.75) is 5.92 Å². The van der Waals surface area contributed by atoms with E-state index in [4.69, 9.17) is 4.42 Å². The molecule has 1 unspecified atom stereocenters. The van der Waals surface area contributed by atoms with Gasteiger partial charge in [0.25, 0.3) is 0 Å². The van der Waals surface area contributed by atoms with Gasteiger partial charge in [-0.15, -0.1) is 0 Å². The first-order valence-electron chi connectivity index (χ1n) is 6.16. The Morgan fingerprint density at radius 3 is 2.58 bits per heavy atom. The molecule has 3 heteroatoms. The third-order valence-electron chi connectivity index (χ3n) is 3.37. The van der Waals surface area contributed by atoms with Crippen LogP contribution in [0.15, 0.2) is 59.2 Å². The zero-order valence-corrected chi connectivity index (χ0v) is 10.3. The smallest absolute Gasteiger partial charge is 0.120 e. The van der Waals surface area contributed by atoms with Crippen molar-refractivity contribution in [2.75, 3.05) is 6.61 Å². The first-order chi connectivity index (χ1) is 9.31. The van der Waals surface area contributed by atoms with E-state index in [1.807, 2.05) is 36.4 Å². The van der Waals surface area contributed by atoms with E-state index in [1.165, 1.54) is 0 Å². The van der Waals surface area contributed by atoms with Crippen LogP contribution in [0.4, 0.5) is 0 Å². The molecule has 0 amide bonds. The lowest BCUT2D eigenvalue weighted by Crippen LogP contribution is -2.06. The number of aliphatic hydroxyl groups is 1. The quantitative estimate of drug-likeness (QED) is 0.754. The Morgan fingerprint density at radius 2 is 1.84 bits per heavy atom. The van der Waals surface area contributed by atoms with Gasteiger partial charge in [0.05, 0.1) is 18.8 Å². The maximum Gasteiger partial charge on any atom is 0.120 e. The summed E-state index contributed by atoms with van der Waals surface area (Å²) in [5.41, 5.74) is 0.704. The van der Waals surface area contributed by atoms with Crippen molar-refractivity contribution in [3.05, 3.63) is 66.1 Å². The zero-order valence-electron chi connectivity index (χ0n) is 10.3. The SMILES string of the molecule is OCC(c1ccco1)c1c(O)ccc2ccccc12. The molecule has 1 atom stereocenters. The fraction of sp³-hybridized carbons (Fsp3) is 0.125. The summed E-state index contributed by atoms with van der Waals surface area (Å²) >= 11 is 0. The van der Waals surface area contributed by atoms with Crippen LogP contribution in [-0.2, 0) is 0 Å². The second kappa shape index (κ2) is 4.78. The average Bonchev–Trinajstić information content (AvgIpc) is 2.96. The summed E-state index contributed by atoms with van der Waals surface area (Å²) in [6.45, 7) is -0.116. The van der Waals surface area contributed by atoms with Gasteiger partial charge in [0, 0.05) is 5.56 Å². The van der Waals surface area contributed by atoms with Gasteiger partial charge in [-0.1, -0.05) is 30.3 Å². The van der Waals surface area contributed by atoms with E-state index >= 15 is 0 Å². The number of aromatic hydroxyl groups is 1. The molecule has 0 bridgehead atoms. The van der Waals surface area contributed by atoms with Crippen LogP contribution >= 0.6 is 0 Å². The number of hydrogen-bond acceptors (Lipinski definition) is 3. The van der Waals surface area contributed by atoms with Gasteiger partial charge in [-0.2, -0.15) is 0 Å². The molecular formula is C16H14O3. The van der Waals surface area contributed by atoms with E-state index < -0.39 is 0 Å². The Labute approximate surface area is 110 Å². The van der Waals surface area contributed by atoms with E-state index in [0.29, 0.717) is 11.3 Å². The van der Waals surface area contributed by atoms with Crippen LogP contribution in [0.1, 0.15) is 17.2 Å². The van der Waals surface area contributed by atoms with Crippen molar-refractivity contribution >= 4 is 10.8 Å². The summed E-state index contributed by atoms with van der Waals surface area (Å²) < 4.78 is 5.37. The Morgan fingerprint density at radius 1 is 1.00 bits per heavy atom. The van der Waals surface area contributed by atoms with Crippen LogP contribution in [0.25, 0.3) is 10.8 Å². The Balaban J connectivity index is 2.25. The topological polar surface area (TPSA) is 53.6 Å². The lowest BCUT2D eigenvalue weighted by Gasteiger charge is -2.16. The van der Waals surface area contributed by atoms with Crippen molar-refractivity contribution < 1.29 is 14.6 Å². The fourth-order valence-electron chi connectivity index (χ4n) is 2.46.